The molecule has 2 aromatic rings. The molecule has 0 atom stereocenters. The molecule has 0 saturated carbocycles. The molecule has 0 aliphatic rings. The Kier molecular flexibility index (Phi) is 1.51. The average Bonchev–Trinajstić information content (AvgIpc) is 2.29. The fraction of sp³-hybridized carbons (Fsp3) is 0.143. The van der Waals surface area contributed by atoms with Crippen molar-refractivity contribution in [1.29, 1.82) is 0 Å². The Hall–Kier alpha value is -1.16. The molecule has 0 aliphatic carbocycles. The van der Waals surface area contributed by atoms with Gasteiger partial charge in [-0.05, 0) is 19.9 Å². The molecule has 0 bridgehead atoms. The summed E-state index contributed by atoms with van der Waals surface area (Å²) in [5.41, 5.74) is 0.597. The Morgan fingerprint density at radius 1 is 1.50 bits per heavy atom. The van der Waals surface area contributed by atoms with Crippen molar-refractivity contribution >= 4 is 17.4 Å². The van der Waals surface area contributed by atoms with Crippen LogP contribution in [0.4, 0.5) is 0 Å². The number of fused-ring (bicyclic) bond motifs is 1. The van der Waals surface area contributed by atoms with E-state index in [1.54, 1.807) is 13.0 Å². The van der Waals surface area contributed by atoms with Crippen LogP contribution >= 0.6 is 11.6 Å². The molecule has 2 rings (SSSR count). The largest absolute Gasteiger partial charge is 0.254 e. The van der Waals surface area contributed by atoms with Gasteiger partial charge in [0.25, 0.3) is 5.78 Å². The number of halogens is 1. The lowest BCUT2D eigenvalue weighted by molar-refractivity contribution is 0.913. The summed E-state index contributed by atoms with van der Waals surface area (Å²) in [5, 5.41) is 4.51. The second-order valence-electron chi connectivity index (χ2n) is 2.44. The molecule has 2 aromatic heterocycles. The topological polar surface area (TPSA) is 43.1 Å². The molecule has 0 unspecified atom stereocenters. The summed E-state index contributed by atoms with van der Waals surface area (Å²) < 4.78 is 1.48. The normalized spacial score (nSPS) is 10.9. The molecule has 1 radical (unpaired) electrons. The lowest BCUT2D eigenvalue weighted by atomic mass is 10.5. The second kappa shape index (κ2) is 2.42. The van der Waals surface area contributed by atoms with E-state index in [-0.39, 0.29) is 0 Å². The van der Waals surface area contributed by atoms with Crippen molar-refractivity contribution in [1.82, 2.24) is 19.6 Å². The third-order valence-electron chi connectivity index (χ3n) is 1.43. The summed E-state index contributed by atoms with van der Waals surface area (Å²) in [4.78, 5) is 8.10. The van der Waals surface area contributed by atoms with Gasteiger partial charge in [-0.2, -0.15) is 9.50 Å². The van der Waals surface area contributed by atoms with E-state index in [1.165, 1.54) is 4.52 Å². The van der Waals surface area contributed by atoms with Gasteiger partial charge in [-0.25, -0.2) is 4.98 Å². The van der Waals surface area contributed by atoms with E-state index in [4.69, 9.17) is 11.6 Å². The Morgan fingerprint density at radius 2 is 2.25 bits per heavy atom. The van der Waals surface area contributed by atoms with Crippen LogP contribution in [0.15, 0.2) is 6.07 Å². The number of hydrogen-bond acceptors (Lipinski definition) is 3. The van der Waals surface area contributed by atoms with E-state index >= 15 is 0 Å². The first-order valence-electron chi connectivity index (χ1n) is 3.39. The number of hydrogen-bond donors (Lipinski definition) is 0. The summed E-state index contributed by atoms with van der Waals surface area (Å²) in [5.74, 6) is 1.14. The van der Waals surface area contributed by atoms with Gasteiger partial charge in [0.15, 0.2) is 0 Å². The Balaban J connectivity index is 2.88. The van der Waals surface area contributed by atoms with E-state index < -0.39 is 0 Å². The molecule has 0 fully saturated rings. The highest BCUT2D eigenvalue weighted by molar-refractivity contribution is 6.29. The van der Waals surface area contributed by atoms with Crippen LogP contribution in [0.2, 0.25) is 5.15 Å². The predicted molar refractivity (Wildman–Crippen MR) is 45.0 cm³/mol. The van der Waals surface area contributed by atoms with Crippen molar-refractivity contribution < 1.29 is 0 Å². The fourth-order valence-electron chi connectivity index (χ4n) is 0.979. The van der Waals surface area contributed by atoms with Crippen LogP contribution in [-0.4, -0.2) is 19.6 Å². The lowest BCUT2D eigenvalue weighted by Gasteiger charge is -1.95. The molecule has 2 heterocycles. The van der Waals surface area contributed by atoms with Crippen molar-refractivity contribution in [2.75, 3.05) is 0 Å². The first-order valence-corrected chi connectivity index (χ1v) is 3.76. The molecule has 0 saturated heterocycles. The zero-order valence-corrected chi connectivity index (χ0v) is 7.21. The zero-order chi connectivity index (χ0) is 8.72. The highest BCUT2D eigenvalue weighted by atomic mass is 35.5. The smallest absolute Gasteiger partial charge is 0.216 e. The van der Waals surface area contributed by atoms with Gasteiger partial charge in [-0.15, -0.1) is 5.10 Å². The fourth-order valence-corrected chi connectivity index (χ4v) is 1.22. The number of aryl methyl sites for hydroxylation is 1. The lowest BCUT2D eigenvalue weighted by Crippen LogP contribution is -1.94. The minimum Gasteiger partial charge on any atom is -0.216 e. The SMILES string of the molecule is [CH2]c1cc(Cl)n2nc(C)nc2n1. The molecule has 0 amide bonds. The Morgan fingerprint density at radius 3 is 3.00 bits per heavy atom. The van der Waals surface area contributed by atoms with Gasteiger partial charge in [0.2, 0.25) is 0 Å². The van der Waals surface area contributed by atoms with Crippen LogP contribution in [0.3, 0.4) is 0 Å². The van der Waals surface area contributed by atoms with Crippen LogP contribution in [0, 0.1) is 13.8 Å². The van der Waals surface area contributed by atoms with E-state index in [0.29, 0.717) is 22.4 Å². The van der Waals surface area contributed by atoms with Gasteiger partial charge in [0, 0.05) is 5.69 Å². The highest BCUT2D eigenvalue weighted by Gasteiger charge is 2.04. The van der Waals surface area contributed by atoms with Crippen molar-refractivity contribution in [3.63, 3.8) is 0 Å². The van der Waals surface area contributed by atoms with Crippen LogP contribution < -0.4 is 0 Å². The van der Waals surface area contributed by atoms with Crippen LogP contribution in [0.5, 0.6) is 0 Å². The number of aromatic nitrogens is 4. The molecule has 5 heteroatoms. The van der Waals surface area contributed by atoms with Crippen molar-refractivity contribution in [3.8, 4) is 0 Å². The molecule has 0 spiro atoms. The van der Waals surface area contributed by atoms with E-state index in [1.807, 2.05) is 0 Å². The van der Waals surface area contributed by atoms with Crippen molar-refractivity contribution in [2.45, 2.75) is 6.92 Å². The monoisotopic (exact) mass is 181 g/mol. The van der Waals surface area contributed by atoms with Crippen molar-refractivity contribution in [3.05, 3.63) is 29.7 Å². The van der Waals surface area contributed by atoms with Gasteiger partial charge in [-0.3, -0.25) is 0 Å². The highest BCUT2D eigenvalue weighted by Crippen LogP contribution is 2.10. The van der Waals surface area contributed by atoms with E-state index in [0.717, 1.165) is 0 Å². The third kappa shape index (κ3) is 1.04. The maximum Gasteiger partial charge on any atom is 0.254 e. The van der Waals surface area contributed by atoms with Crippen molar-refractivity contribution in [2.24, 2.45) is 0 Å². The average molecular weight is 182 g/mol. The van der Waals surface area contributed by atoms with Gasteiger partial charge in [0.05, 0.1) is 0 Å². The summed E-state index contributed by atoms with van der Waals surface area (Å²) in [6.07, 6.45) is 0. The number of rotatable bonds is 0. The summed E-state index contributed by atoms with van der Waals surface area (Å²) in [6.45, 7) is 5.45. The predicted octanol–water partition coefficient (Wildman–Crippen LogP) is 1.27. The quantitative estimate of drug-likeness (QED) is 0.575. The zero-order valence-electron chi connectivity index (χ0n) is 6.45. The minimum absolute atomic E-state index is 0.477. The van der Waals surface area contributed by atoms with Gasteiger partial charge in [0.1, 0.15) is 11.0 Å². The van der Waals surface area contributed by atoms with Gasteiger partial charge in [-0.1, -0.05) is 11.6 Å². The molecule has 0 aromatic carbocycles. The minimum atomic E-state index is 0.477. The molecule has 4 nitrogen and oxygen atoms in total. The first kappa shape index (κ1) is 7.49. The molecule has 0 N–H and O–H groups in total. The third-order valence-corrected chi connectivity index (χ3v) is 1.70. The van der Waals surface area contributed by atoms with Crippen LogP contribution in [-0.2, 0) is 0 Å². The second-order valence-corrected chi connectivity index (χ2v) is 2.83. The maximum absolute atomic E-state index is 5.86. The van der Waals surface area contributed by atoms with Crippen LogP contribution in [0.25, 0.3) is 5.78 Å². The Labute approximate surface area is 74.2 Å². The summed E-state index contributed by atoms with van der Waals surface area (Å²) in [6, 6.07) is 1.64. The summed E-state index contributed by atoms with van der Waals surface area (Å²) in [7, 11) is 0. The molecular formula is C7H6ClN4. The van der Waals surface area contributed by atoms with Crippen LogP contribution in [0.1, 0.15) is 11.5 Å². The molecule has 0 aliphatic heterocycles. The molecule has 61 valence electrons. The van der Waals surface area contributed by atoms with Gasteiger partial charge < -0.3 is 0 Å². The standard InChI is InChI=1S/C7H6ClN4/c1-4-3-6(8)12-7(9-4)10-5(2)11-12/h3H,1H2,2H3. The Bertz CT molecular complexity index is 434. The van der Waals surface area contributed by atoms with E-state index in [9.17, 15) is 0 Å². The summed E-state index contributed by atoms with van der Waals surface area (Å²) >= 11 is 5.86. The van der Waals surface area contributed by atoms with E-state index in [2.05, 4.69) is 22.0 Å². The van der Waals surface area contributed by atoms with Gasteiger partial charge >= 0.3 is 0 Å². The maximum atomic E-state index is 5.86. The molecule has 12 heavy (non-hydrogen) atoms. The molecular weight excluding hydrogens is 176 g/mol. The number of nitrogens with zero attached hydrogens (tertiary/aromatic N) is 4. The first-order chi connectivity index (χ1) is 5.66.